The molecular weight excluding hydrogens is 362 g/mol. The molecule has 1 saturated heterocycles. The smallest absolute Gasteiger partial charge is 0.189 e. The largest absolute Gasteiger partial charge is 0.369 e. The fourth-order valence-corrected chi connectivity index (χ4v) is 4.41. The molecular formula is C22H20F2N2O2. The first kappa shape index (κ1) is 17.5. The maximum Gasteiger partial charge on any atom is 0.189 e. The minimum absolute atomic E-state index is 0.108. The van der Waals surface area contributed by atoms with Gasteiger partial charge in [-0.2, -0.15) is 0 Å². The van der Waals surface area contributed by atoms with Gasteiger partial charge in [0.2, 0.25) is 0 Å². The number of rotatable bonds is 2. The molecule has 3 aromatic rings. The summed E-state index contributed by atoms with van der Waals surface area (Å²) in [6.07, 6.45) is 2.13. The van der Waals surface area contributed by atoms with E-state index >= 15 is 4.39 Å². The number of aromatic amines is 1. The minimum atomic E-state index is -0.502. The third kappa shape index (κ3) is 2.84. The first-order valence-electron chi connectivity index (χ1n) is 9.57. The second-order valence-electron chi connectivity index (χ2n) is 7.55. The molecule has 1 fully saturated rings. The maximum atomic E-state index is 15.1. The number of benzene rings is 2. The molecule has 2 N–H and O–H groups in total. The Morgan fingerprint density at radius 1 is 1.07 bits per heavy atom. The lowest BCUT2D eigenvalue weighted by molar-refractivity contribution is 0.0742. The number of H-pyrrole nitrogens is 1. The first-order valence-corrected chi connectivity index (χ1v) is 9.57. The van der Waals surface area contributed by atoms with Gasteiger partial charge in [0.15, 0.2) is 5.78 Å². The van der Waals surface area contributed by atoms with Crippen molar-refractivity contribution in [2.24, 2.45) is 0 Å². The molecule has 0 saturated carbocycles. The lowest BCUT2D eigenvalue weighted by Crippen LogP contribution is -2.28. The summed E-state index contributed by atoms with van der Waals surface area (Å²) >= 11 is 0. The normalized spacial score (nSPS) is 19.8. The standard InChI is InChI=1S/C22H20F2N2O2/c23-14-7-16-20(27)11-28-10-17-21(16)19(8-14)26-22(17)15-4-3-12(6-18(15)24)13-2-1-5-25-9-13/h3-4,6-8,13,25-26H,1-2,5,9-11H2. The third-order valence-electron chi connectivity index (χ3n) is 5.78. The third-order valence-corrected chi connectivity index (χ3v) is 5.78. The molecule has 1 atom stereocenters. The van der Waals surface area contributed by atoms with E-state index in [4.69, 9.17) is 4.74 Å². The van der Waals surface area contributed by atoms with Crippen molar-refractivity contribution in [1.29, 1.82) is 0 Å². The van der Waals surface area contributed by atoms with E-state index in [1.165, 1.54) is 12.1 Å². The van der Waals surface area contributed by atoms with Crippen LogP contribution in [-0.2, 0) is 11.3 Å². The van der Waals surface area contributed by atoms with Crippen LogP contribution in [0.2, 0.25) is 0 Å². The number of carbonyl (C=O) groups is 1. The summed E-state index contributed by atoms with van der Waals surface area (Å²) in [5.41, 5.74) is 3.40. The van der Waals surface area contributed by atoms with Gasteiger partial charge in [0.05, 0.1) is 12.3 Å². The number of Topliss-reactive ketones (excluding diaryl/α,β-unsaturated/α-hetero) is 1. The van der Waals surface area contributed by atoms with Gasteiger partial charge in [0, 0.05) is 34.1 Å². The summed E-state index contributed by atoms with van der Waals surface area (Å²) in [7, 11) is 0. The van der Waals surface area contributed by atoms with E-state index in [-0.39, 0.29) is 30.4 Å². The maximum absolute atomic E-state index is 15.1. The second-order valence-corrected chi connectivity index (χ2v) is 7.55. The van der Waals surface area contributed by atoms with Crippen molar-refractivity contribution in [3.63, 3.8) is 0 Å². The predicted molar refractivity (Wildman–Crippen MR) is 102 cm³/mol. The van der Waals surface area contributed by atoms with Gasteiger partial charge < -0.3 is 15.0 Å². The van der Waals surface area contributed by atoms with Crippen molar-refractivity contribution in [1.82, 2.24) is 10.3 Å². The SMILES string of the molecule is O=C1COCc2c(-c3ccc(C4CCCNC4)cc3F)[nH]c3cc(F)cc1c23. The molecule has 0 amide bonds. The highest BCUT2D eigenvalue weighted by Crippen LogP contribution is 2.37. The van der Waals surface area contributed by atoms with Crippen molar-refractivity contribution in [2.45, 2.75) is 25.4 Å². The predicted octanol–water partition coefficient (Wildman–Crippen LogP) is 4.29. The lowest BCUT2D eigenvalue weighted by atomic mass is 9.90. The molecule has 144 valence electrons. The molecule has 1 unspecified atom stereocenters. The van der Waals surface area contributed by atoms with Gasteiger partial charge in [0.25, 0.3) is 0 Å². The first-order chi connectivity index (χ1) is 13.6. The summed E-state index contributed by atoms with van der Waals surface area (Å²) in [6.45, 7) is 1.93. The van der Waals surface area contributed by atoms with E-state index < -0.39 is 5.82 Å². The minimum Gasteiger partial charge on any atom is -0.369 e. The van der Waals surface area contributed by atoms with Gasteiger partial charge in [-0.1, -0.05) is 6.07 Å². The number of hydrogen-bond acceptors (Lipinski definition) is 3. The highest BCUT2D eigenvalue weighted by molar-refractivity contribution is 6.11. The number of hydrogen-bond donors (Lipinski definition) is 2. The molecule has 0 radical (unpaired) electrons. The van der Waals surface area contributed by atoms with Crippen molar-refractivity contribution in [2.75, 3.05) is 19.7 Å². The monoisotopic (exact) mass is 382 g/mol. The Kier molecular flexibility index (Phi) is 4.25. The Labute approximate surface area is 160 Å². The van der Waals surface area contributed by atoms with Gasteiger partial charge in [-0.15, -0.1) is 0 Å². The van der Waals surface area contributed by atoms with Crippen LogP contribution in [-0.4, -0.2) is 30.5 Å². The van der Waals surface area contributed by atoms with Crippen molar-refractivity contribution < 1.29 is 18.3 Å². The van der Waals surface area contributed by atoms with E-state index in [0.717, 1.165) is 31.5 Å². The summed E-state index contributed by atoms with van der Waals surface area (Å²) in [6, 6.07) is 7.89. The van der Waals surface area contributed by atoms with Gasteiger partial charge in [-0.05, 0) is 55.1 Å². The van der Waals surface area contributed by atoms with Crippen LogP contribution >= 0.6 is 0 Å². The summed E-state index contributed by atoms with van der Waals surface area (Å²) in [4.78, 5) is 15.4. The van der Waals surface area contributed by atoms with E-state index in [2.05, 4.69) is 10.3 Å². The quantitative estimate of drug-likeness (QED) is 0.695. The van der Waals surface area contributed by atoms with E-state index in [0.29, 0.717) is 33.6 Å². The highest BCUT2D eigenvalue weighted by atomic mass is 19.1. The van der Waals surface area contributed by atoms with Gasteiger partial charge in [-0.3, -0.25) is 4.79 Å². The molecule has 0 spiro atoms. The van der Waals surface area contributed by atoms with Crippen LogP contribution in [0, 0.1) is 11.6 Å². The highest BCUT2D eigenvalue weighted by Gasteiger charge is 2.25. The van der Waals surface area contributed by atoms with Crippen LogP contribution in [0.1, 0.15) is 40.2 Å². The van der Waals surface area contributed by atoms with E-state index in [1.807, 2.05) is 6.07 Å². The fourth-order valence-electron chi connectivity index (χ4n) is 4.41. The molecule has 28 heavy (non-hydrogen) atoms. The molecule has 4 nitrogen and oxygen atoms in total. The Balaban J connectivity index is 1.64. The Bertz CT molecular complexity index is 1080. The second kappa shape index (κ2) is 6.79. The van der Waals surface area contributed by atoms with Crippen LogP contribution in [0.4, 0.5) is 8.78 Å². The van der Waals surface area contributed by atoms with Crippen LogP contribution in [0.5, 0.6) is 0 Å². The molecule has 3 heterocycles. The zero-order valence-corrected chi connectivity index (χ0v) is 15.3. The number of halogens is 2. The van der Waals surface area contributed by atoms with Crippen molar-refractivity contribution in [3.05, 3.63) is 58.7 Å². The van der Waals surface area contributed by atoms with Crippen molar-refractivity contribution >= 4 is 16.7 Å². The number of ketones is 1. The number of aromatic nitrogens is 1. The molecule has 2 aromatic carbocycles. The average Bonchev–Trinajstić information content (AvgIpc) is 2.96. The number of nitrogens with one attached hydrogen (secondary N) is 2. The molecule has 6 heteroatoms. The fraction of sp³-hybridized carbons (Fsp3) is 0.318. The van der Waals surface area contributed by atoms with Crippen LogP contribution in [0.15, 0.2) is 30.3 Å². The topological polar surface area (TPSA) is 54.1 Å². The Morgan fingerprint density at radius 2 is 1.96 bits per heavy atom. The molecule has 2 aliphatic rings. The van der Waals surface area contributed by atoms with Crippen LogP contribution in [0.25, 0.3) is 22.2 Å². The molecule has 2 aliphatic heterocycles. The summed E-state index contributed by atoms with van der Waals surface area (Å²) < 4.78 is 34.6. The van der Waals surface area contributed by atoms with Crippen LogP contribution < -0.4 is 5.32 Å². The number of carbonyl (C=O) groups excluding carboxylic acids is 1. The van der Waals surface area contributed by atoms with Crippen LogP contribution in [0.3, 0.4) is 0 Å². The van der Waals surface area contributed by atoms with E-state index in [9.17, 15) is 9.18 Å². The average molecular weight is 382 g/mol. The zero-order valence-electron chi connectivity index (χ0n) is 15.3. The number of ether oxygens (including phenoxy) is 1. The Morgan fingerprint density at radius 3 is 2.75 bits per heavy atom. The molecule has 5 rings (SSSR count). The van der Waals surface area contributed by atoms with Gasteiger partial charge in [-0.25, -0.2) is 8.78 Å². The Hall–Kier alpha value is -2.57. The van der Waals surface area contributed by atoms with Gasteiger partial charge >= 0.3 is 0 Å². The lowest BCUT2D eigenvalue weighted by Gasteiger charge is -2.23. The summed E-state index contributed by atoms with van der Waals surface area (Å²) in [5.74, 6) is -0.793. The van der Waals surface area contributed by atoms with E-state index in [1.54, 1.807) is 12.1 Å². The summed E-state index contributed by atoms with van der Waals surface area (Å²) in [5, 5.41) is 3.98. The van der Waals surface area contributed by atoms with Gasteiger partial charge in [0.1, 0.15) is 18.2 Å². The number of piperidine rings is 1. The molecule has 0 bridgehead atoms. The molecule has 0 aliphatic carbocycles. The zero-order chi connectivity index (χ0) is 19.3. The molecule has 1 aromatic heterocycles. The van der Waals surface area contributed by atoms with Crippen molar-refractivity contribution in [3.8, 4) is 11.3 Å².